The third kappa shape index (κ3) is 4.31. The Labute approximate surface area is 131 Å². The van der Waals surface area contributed by atoms with Crippen LogP contribution in [0.2, 0.25) is 0 Å². The molecule has 0 saturated carbocycles. The lowest BCUT2D eigenvalue weighted by Gasteiger charge is -2.37. The molecular weight excluding hydrogens is 288 g/mol. The molecule has 0 aromatic heterocycles. The molecule has 6 nitrogen and oxygen atoms in total. The zero-order valence-electron chi connectivity index (χ0n) is 13.3. The standard InChI is InChI=1S/C14H24N4O2S/c1-5-17-12(19)11(10-15-8-7-9-16(3)4)13(20)18(6-2)14(17)21/h10-11H,5-9H2,1-4H3/p+1. The Hall–Kier alpha value is -1.34. The highest BCUT2D eigenvalue weighted by Gasteiger charge is 2.41. The molecule has 1 rings (SSSR count). The second-order valence-electron chi connectivity index (χ2n) is 5.29. The molecule has 1 heterocycles. The molecule has 1 saturated heterocycles. The topological polar surface area (TPSA) is 57.4 Å². The van der Waals surface area contributed by atoms with Crippen LogP contribution < -0.4 is 4.90 Å². The van der Waals surface area contributed by atoms with Gasteiger partial charge in [0.2, 0.25) is 11.8 Å². The van der Waals surface area contributed by atoms with Gasteiger partial charge >= 0.3 is 0 Å². The first-order valence-electron chi connectivity index (χ1n) is 7.39. The quantitative estimate of drug-likeness (QED) is 0.290. The first-order chi connectivity index (χ1) is 9.93. The summed E-state index contributed by atoms with van der Waals surface area (Å²) >= 11 is 5.20. The van der Waals surface area contributed by atoms with E-state index in [-0.39, 0.29) is 11.8 Å². The number of carbonyl (C=O) groups is 2. The normalized spacial score (nSPS) is 17.7. The molecule has 1 aliphatic rings. The molecule has 0 atom stereocenters. The molecule has 0 spiro atoms. The average molecular weight is 313 g/mol. The zero-order chi connectivity index (χ0) is 16.0. The summed E-state index contributed by atoms with van der Waals surface area (Å²) < 4.78 is 0. The van der Waals surface area contributed by atoms with Gasteiger partial charge in [0.25, 0.3) is 0 Å². The van der Waals surface area contributed by atoms with E-state index in [9.17, 15) is 9.59 Å². The predicted octanol–water partition coefficient (Wildman–Crippen LogP) is -0.796. The van der Waals surface area contributed by atoms with Crippen LogP contribution >= 0.6 is 12.2 Å². The third-order valence-electron chi connectivity index (χ3n) is 3.38. The minimum atomic E-state index is -0.830. The van der Waals surface area contributed by atoms with E-state index < -0.39 is 5.92 Å². The summed E-state index contributed by atoms with van der Waals surface area (Å²) in [6, 6.07) is 0. The molecule has 1 aliphatic heterocycles. The molecule has 0 aliphatic carbocycles. The number of thiocarbonyl (C=S) groups is 1. The number of nitrogens with zero attached hydrogens (tertiary/aromatic N) is 3. The van der Waals surface area contributed by atoms with Crippen molar-refractivity contribution in [1.82, 2.24) is 9.80 Å². The molecule has 21 heavy (non-hydrogen) atoms. The number of hydrogen-bond acceptors (Lipinski definition) is 4. The van der Waals surface area contributed by atoms with Gasteiger partial charge in [0, 0.05) is 32.3 Å². The van der Waals surface area contributed by atoms with Gasteiger partial charge in [0.05, 0.1) is 20.6 Å². The van der Waals surface area contributed by atoms with E-state index in [4.69, 9.17) is 12.2 Å². The van der Waals surface area contributed by atoms with Gasteiger partial charge in [-0.2, -0.15) is 0 Å². The monoisotopic (exact) mass is 313 g/mol. The maximum absolute atomic E-state index is 12.3. The van der Waals surface area contributed by atoms with Gasteiger partial charge in [-0.05, 0) is 26.1 Å². The molecule has 0 radical (unpaired) electrons. The summed E-state index contributed by atoms with van der Waals surface area (Å²) in [4.78, 5) is 33.2. The van der Waals surface area contributed by atoms with Crippen LogP contribution in [0.3, 0.4) is 0 Å². The van der Waals surface area contributed by atoms with Crippen molar-refractivity contribution in [3.05, 3.63) is 0 Å². The lowest BCUT2D eigenvalue weighted by Crippen LogP contribution is -3.05. The fraction of sp³-hybridized carbons (Fsp3) is 0.714. The first-order valence-corrected chi connectivity index (χ1v) is 7.80. The second kappa shape index (κ2) is 8.19. The number of carbonyl (C=O) groups excluding carboxylic acids is 2. The van der Waals surface area contributed by atoms with Crippen molar-refractivity contribution in [1.29, 1.82) is 0 Å². The lowest BCUT2D eigenvalue weighted by molar-refractivity contribution is -0.858. The SMILES string of the molecule is CCN1C(=O)C(C=NCCC[NH+](C)C)C(=O)N(CC)C1=S. The highest BCUT2D eigenvalue weighted by molar-refractivity contribution is 7.80. The van der Waals surface area contributed by atoms with Crippen LogP contribution in [0.25, 0.3) is 0 Å². The Morgan fingerprint density at radius 2 is 1.71 bits per heavy atom. The van der Waals surface area contributed by atoms with Crippen LogP contribution in [0.4, 0.5) is 0 Å². The summed E-state index contributed by atoms with van der Waals surface area (Å²) in [5, 5.41) is 0.302. The molecule has 1 N–H and O–H groups in total. The summed E-state index contributed by atoms with van der Waals surface area (Å²) in [7, 11) is 4.16. The first kappa shape index (κ1) is 17.7. The Balaban J connectivity index is 2.74. The Morgan fingerprint density at radius 3 is 2.14 bits per heavy atom. The highest BCUT2D eigenvalue weighted by Crippen LogP contribution is 2.16. The molecule has 118 valence electrons. The molecule has 1 fully saturated rings. The van der Waals surface area contributed by atoms with Gasteiger partial charge < -0.3 is 4.90 Å². The fourth-order valence-corrected chi connectivity index (χ4v) is 2.63. The van der Waals surface area contributed by atoms with Crippen LogP contribution in [-0.2, 0) is 9.59 Å². The van der Waals surface area contributed by atoms with Crippen LogP contribution in [0.5, 0.6) is 0 Å². The van der Waals surface area contributed by atoms with Crippen molar-refractivity contribution in [3.8, 4) is 0 Å². The van der Waals surface area contributed by atoms with E-state index in [0.29, 0.717) is 24.7 Å². The molecule has 0 bridgehead atoms. The van der Waals surface area contributed by atoms with Gasteiger partial charge in [0.15, 0.2) is 11.0 Å². The maximum Gasteiger partial charge on any atom is 0.246 e. The average Bonchev–Trinajstić information content (AvgIpc) is 2.42. The Bertz CT molecular complexity index is 411. The number of hydrogen-bond donors (Lipinski definition) is 1. The smallest absolute Gasteiger partial charge is 0.246 e. The van der Waals surface area contributed by atoms with Crippen LogP contribution in [0.1, 0.15) is 20.3 Å². The maximum atomic E-state index is 12.3. The second-order valence-corrected chi connectivity index (χ2v) is 5.66. The summed E-state index contributed by atoms with van der Waals surface area (Å²) in [6.07, 6.45) is 2.42. The number of amides is 2. The number of nitrogens with one attached hydrogen (secondary N) is 1. The van der Waals surface area contributed by atoms with Crippen LogP contribution in [-0.4, -0.2) is 73.2 Å². The van der Waals surface area contributed by atoms with Crippen LogP contribution in [0, 0.1) is 5.92 Å². The summed E-state index contributed by atoms with van der Waals surface area (Å²) in [5.74, 6) is -1.36. The van der Waals surface area contributed by atoms with E-state index in [1.165, 1.54) is 20.9 Å². The van der Waals surface area contributed by atoms with Gasteiger partial charge in [-0.25, -0.2) is 0 Å². The van der Waals surface area contributed by atoms with Gasteiger partial charge in [-0.1, -0.05) is 0 Å². The molecule has 7 heteroatoms. The van der Waals surface area contributed by atoms with E-state index in [0.717, 1.165) is 13.0 Å². The Morgan fingerprint density at radius 1 is 1.19 bits per heavy atom. The highest BCUT2D eigenvalue weighted by atomic mass is 32.1. The van der Waals surface area contributed by atoms with Crippen molar-refractivity contribution in [2.45, 2.75) is 20.3 Å². The van der Waals surface area contributed by atoms with E-state index in [1.807, 2.05) is 13.8 Å². The molecule has 0 aromatic rings. The number of quaternary nitrogens is 1. The van der Waals surface area contributed by atoms with Crippen molar-refractivity contribution in [2.75, 3.05) is 40.3 Å². The van der Waals surface area contributed by atoms with E-state index in [2.05, 4.69) is 19.1 Å². The predicted molar refractivity (Wildman–Crippen MR) is 86.5 cm³/mol. The third-order valence-corrected chi connectivity index (χ3v) is 3.82. The van der Waals surface area contributed by atoms with E-state index >= 15 is 0 Å². The van der Waals surface area contributed by atoms with Gasteiger partial charge in [-0.3, -0.25) is 24.4 Å². The molecule has 2 amide bonds. The minimum Gasteiger partial charge on any atom is -0.340 e. The van der Waals surface area contributed by atoms with Gasteiger partial charge in [0.1, 0.15) is 0 Å². The molecular formula is C14H25N4O2S+. The largest absolute Gasteiger partial charge is 0.340 e. The molecule has 0 unspecified atom stereocenters. The van der Waals surface area contributed by atoms with Gasteiger partial charge in [-0.15, -0.1) is 0 Å². The number of aliphatic imine (C=N–C) groups is 1. The minimum absolute atomic E-state index is 0.265. The summed E-state index contributed by atoms with van der Waals surface area (Å²) in [6.45, 7) is 6.27. The van der Waals surface area contributed by atoms with Crippen molar-refractivity contribution in [2.24, 2.45) is 10.9 Å². The van der Waals surface area contributed by atoms with Crippen LogP contribution in [0.15, 0.2) is 4.99 Å². The Kier molecular flexibility index (Phi) is 6.91. The van der Waals surface area contributed by atoms with Crippen molar-refractivity contribution in [3.63, 3.8) is 0 Å². The fourth-order valence-electron chi connectivity index (χ4n) is 2.19. The zero-order valence-corrected chi connectivity index (χ0v) is 14.1. The lowest BCUT2D eigenvalue weighted by atomic mass is 10.1. The van der Waals surface area contributed by atoms with Crippen molar-refractivity contribution >= 4 is 35.4 Å². The summed E-state index contributed by atoms with van der Waals surface area (Å²) in [5.41, 5.74) is 0. The van der Waals surface area contributed by atoms with E-state index in [1.54, 1.807) is 0 Å². The number of rotatable bonds is 7. The molecule has 0 aromatic carbocycles. The van der Waals surface area contributed by atoms with Crippen molar-refractivity contribution < 1.29 is 14.5 Å².